The molecule has 2 heteroatoms. The van der Waals surface area contributed by atoms with Crippen molar-refractivity contribution in [3.05, 3.63) is 0 Å². The summed E-state index contributed by atoms with van der Waals surface area (Å²) in [4.78, 5) is 0. The topological polar surface area (TPSA) is 21.3 Å². The van der Waals surface area contributed by atoms with Crippen molar-refractivity contribution in [2.75, 3.05) is 13.2 Å². The highest BCUT2D eigenvalue weighted by Gasteiger charge is 2.39. The van der Waals surface area contributed by atoms with Crippen molar-refractivity contribution < 1.29 is 4.74 Å². The quantitative estimate of drug-likeness (QED) is 0.793. The molecule has 0 radical (unpaired) electrons. The number of hydrogen-bond acceptors (Lipinski definition) is 2. The van der Waals surface area contributed by atoms with Crippen LogP contribution in [-0.4, -0.2) is 24.8 Å². The predicted octanol–water partition coefficient (Wildman–Crippen LogP) is 3.50. The van der Waals surface area contributed by atoms with Crippen LogP contribution in [0.3, 0.4) is 0 Å². The van der Waals surface area contributed by atoms with Gasteiger partial charge in [0, 0.05) is 12.6 Å². The van der Waals surface area contributed by atoms with Crippen molar-refractivity contribution in [1.82, 2.24) is 5.32 Å². The van der Waals surface area contributed by atoms with Crippen LogP contribution in [-0.2, 0) is 4.74 Å². The van der Waals surface area contributed by atoms with E-state index in [9.17, 15) is 0 Å². The first-order valence-corrected chi connectivity index (χ1v) is 7.61. The zero-order valence-electron chi connectivity index (χ0n) is 11.6. The first-order chi connectivity index (χ1) is 8.24. The second kappa shape index (κ2) is 6.19. The van der Waals surface area contributed by atoms with Crippen LogP contribution in [0.1, 0.15) is 65.2 Å². The van der Waals surface area contributed by atoms with Crippen molar-refractivity contribution in [2.24, 2.45) is 5.92 Å². The molecule has 0 aromatic heterocycles. The first-order valence-electron chi connectivity index (χ1n) is 7.61. The molecule has 1 saturated carbocycles. The van der Waals surface area contributed by atoms with Gasteiger partial charge < -0.3 is 10.1 Å². The number of nitrogens with one attached hydrogen (secondary N) is 1. The van der Waals surface area contributed by atoms with Crippen LogP contribution in [0.2, 0.25) is 0 Å². The highest BCUT2D eigenvalue weighted by Crippen LogP contribution is 2.43. The SMILES string of the molecule is CCNC(C)CCC1CCOC2(CCCC2)C1. The number of rotatable bonds is 5. The van der Waals surface area contributed by atoms with E-state index in [1.54, 1.807) is 0 Å². The second-order valence-corrected chi connectivity index (χ2v) is 6.13. The standard InChI is InChI=1S/C15H29NO/c1-3-16-13(2)6-7-14-8-11-17-15(12-14)9-4-5-10-15/h13-14,16H,3-12H2,1-2H3. The van der Waals surface area contributed by atoms with Crippen molar-refractivity contribution in [2.45, 2.75) is 76.9 Å². The van der Waals surface area contributed by atoms with Crippen LogP contribution < -0.4 is 5.32 Å². The van der Waals surface area contributed by atoms with Crippen LogP contribution >= 0.6 is 0 Å². The monoisotopic (exact) mass is 239 g/mol. The zero-order valence-corrected chi connectivity index (χ0v) is 11.6. The molecular formula is C15H29NO. The minimum absolute atomic E-state index is 0.310. The molecule has 2 unspecified atom stereocenters. The summed E-state index contributed by atoms with van der Waals surface area (Å²) in [7, 11) is 0. The van der Waals surface area contributed by atoms with Gasteiger partial charge in [-0.25, -0.2) is 0 Å². The van der Waals surface area contributed by atoms with Gasteiger partial charge >= 0.3 is 0 Å². The minimum Gasteiger partial charge on any atom is -0.375 e. The highest BCUT2D eigenvalue weighted by molar-refractivity contribution is 4.91. The van der Waals surface area contributed by atoms with Gasteiger partial charge in [0.2, 0.25) is 0 Å². The molecule has 0 aromatic rings. The Hall–Kier alpha value is -0.0800. The molecule has 2 rings (SSSR count). The maximum absolute atomic E-state index is 6.10. The lowest BCUT2D eigenvalue weighted by Crippen LogP contribution is -2.37. The van der Waals surface area contributed by atoms with Gasteiger partial charge in [-0.1, -0.05) is 19.8 Å². The minimum atomic E-state index is 0.310. The van der Waals surface area contributed by atoms with E-state index in [1.165, 1.54) is 51.4 Å². The molecule has 1 spiro atoms. The fraction of sp³-hybridized carbons (Fsp3) is 1.00. The molecule has 1 N–H and O–H groups in total. The molecule has 1 heterocycles. The van der Waals surface area contributed by atoms with Crippen LogP contribution in [0.5, 0.6) is 0 Å². The lowest BCUT2D eigenvalue weighted by atomic mass is 9.82. The van der Waals surface area contributed by atoms with Crippen molar-refractivity contribution >= 4 is 0 Å². The first kappa shape index (κ1) is 13.4. The highest BCUT2D eigenvalue weighted by atomic mass is 16.5. The molecule has 0 aromatic carbocycles. The summed E-state index contributed by atoms with van der Waals surface area (Å²) in [6.07, 6.45) is 10.8. The van der Waals surface area contributed by atoms with Crippen LogP contribution in [0, 0.1) is 5.92 Å². The Balaban J connectivity index is 1.74. The third-order valence-electron chi connectivity index (χ3n) is 4.67. The average molecular weight is 239 g/mol. The van der Waals surface area contributed by atoms with Gasteiger partial charge in [0.05, 0.1) is 5.60 Å². The van der Waals surface area contributed by atoms with Gasteiger partial charge in [-0.2, -0.15) is 0 Å². The Kier molecular flexibility index (Phi) is 4.87. The van der Waals surface area contributed by atoms with E-state index >= 15 is 0 Å². The van der Waals surface area contributed by atoms with Crippen LogP contribution in [0.15, 0.2) is 0 Å². The van der Waals surface area contributed by atoms with Crippen LogP contribution in [0.25, 0.3) is 0 Å². The summed E-state index contributed by atoms with van der Waals surface area (Å²) >= 11 is 0. The Morgan fingerprint density at radius 1 is 1.35 bits per heavy atom. The zero-order chi connectivity index (χ0) is 12.1. The van der Waals surface area contributed by atoms with Gasteiger partial charge in [0.15, 0.2) is 0 Å². The second-order valence-electron chi connectivity index (χ2n) is 6.13. The third-order valence-corrected chi connectivity index (χ3v) is 4.67. The van der Waals surface area contributed by atoms with E-state index in [2.05, 4.69) is 19.2 Å². The molecule has 1 saturated heterocycles. The molecule has 2 nitrogen and oxygen atoms in total. The van der Waals surface area contributed by atoms with Crippen LogP contribution in [0.4, 0.5) is 0 Å². The third kappa shape index (κ3) is 3.69. The summed E-state index contributed by atoms with van der Waals surface area (Å²) in [6.45, 7) is 6.62. The normalized spacial score (nSPS) is 29.6. The van der Waals surface area contributed by atoms with Gasteiger partial charge in [-0.05, 0) is 57.9 Å². The molecule has 2 aliphatic rings. The smallest absolute Gasteiger partial charge is 0.0685 e. The fourth-order valence-electron chi connectivity index (χ4n) is 3.68. The molecule has 100 valence electrons. The van der Waals surface area contributed by atoms with E-state index < -0.39 is 0 Å². The van der Waals surface area contributed by atoms with E-state index in [4.69, 9.17) is 4.74 Å². The number of hydrogen-bond donors (Lipinski definition) is 1. The Morgan fingerprint density at radius 3 is 2.82 bits per heavy atom. The van der Waals surface area contributed by atoms with Gasteiger partial charge in [0.25, 0.3) is 0 Å². The molecule has 1 aliphatic carbocycles. The number of ether oxygens (including phenoxy) is 1. The lowest BCUT2D eigenvalue weighted by Gasteiger charge is -2.38. The lowest BCUT2D eigenvalue weighted by molar-refractivity contribution is -0.0940. The van der Waals surface area contributed by atoms with E-state index in [1.807, 2.05) is 0 Å². The summed E-state index contributed by atoms with van der Waals surface area (Å²) in [5.41, 5.74) is 0.310. The molecule has 2 fully saturated rings. The van der Waals surface area contributed by atoms with Crippen molar-refractivity contribution in [3.8, 4) is 0 Å². The molecular weight excluding hydrogens is 210 g/mol. The van der Waals surface area contributed by atoms with E-state index in [-0.39, 0.29) is 0 Å². The van der Waals surface area contributed by atoms with Crippen molar-refractivity contribution in [1.29, 1.82) is 0 Å². The Morgan fingerprint density at radius 2 is 2.12 bits per heavy atom. The van der Waals surface area contributed by atoms with E-state index in [0.29, 0.717) is 11.6 Å². The van der Waals surface area contributed by atoms with Crippen molar-refractivity contribution in [3.63, 3.8) is 0 Å². The summed E-state index contributed by atoms with van der Waals surface area (Å²) in [5, 5.41) is 3.51. The summed E-state index contributed by atoms with van der Waals surface area (Å²) in [5.74, 6) is 0.919. The average Bonchev–Trinajstić information content (AvgIpc) is 2.75. The Labute approximate surface area is 107 Å². The molecule has 1 aliphatic heterocycles. The summed E-state index contributed by atoms with van der Waals surface area (Å²) in [6, 6.07) is 0.683. The maximum atomic E-state index is 6.10. The maximum Gasteiger partial charge on any atom is 0.0685 e. The van der Waals surface area contributed by atoms with Gasteiger partial charge in [-0.15, -0.1) is 0 Å². The fourth-order valence-corrected chi connectivity index (χ4v) is 3.68. The molecule has 0 bridgehead atoms. The predicted molar refractivity (Wildman–Crippen MR) is 72.2 cm³/mol. The van der Waals surface area contributed by atoms with Gasteiger partial charge in [0.1, 0.15) is 0 Å². The van der Waals surface area contributed by atoms with Gasteiger partial charge in [-0.3, -0.25) is 0 Å². The molecule has 17 heavy (non-hydrogen) atoms. The largest absolute Gasteiger partial charge is 0.375 e. The van der Waals surface area contributed by atoms with E-state index in [0.717, 1.165) is 19.1 Å². The molecule has 0 amide bonds. The Bertz CT molecular complexity index is 223. The molecule has 2 atom stereocenters. The summed E-state index contributed by atoms with van der Waals surface area (Å²) < 4.78 is 6.10.